The van der Waals surface area contributed by atoms with Gasteiger partial charge in [-0.3, -0.25) is 19.2 Å². The molecule has 0 atom stereocenters. The predicted octanol–water partition coefficient (Wildman–Crippen LogP) is 0.579. The number of hydrogen-bond donors (Lipinski definition) is 2. The van der Waals surface area contributed by atoms with Crippen LogP contribution in [0.5, 0.6) is 0 Å². The molecular formula is C14H16N2O6. The van der Waals surface area contributed by atoms with E-state index in [9.17, 15) is 19.2 Å². The van der Waals surface area contributed by atoms with Crippen LogP contribution in [0.3, 0.4) is 0 Å². The smallest absolute Gasteiger partial charge is 0.372 e. The van der Waals surface area contributed by atoms with E-state index in [4.69, 9.17) is 9.94 Å². The lowest BCUT2D eigenvalue weighted by Crippen LogP contribution is -2.32. The molecule has 0 aromatic heterocycles. The Hall–Kier alpha value is -2.74. The third-order valence-electron chi connectivity index (χ3n) is 2.65. The van der Waals surface area contributed by atoms with Crippen molar-refractivity contribution < 1.29 is 29.1 Å². The van der Waals surface area contributed by atoms with Crippen LogP contribution in [0, 0.1) is 0 Å². The fourth-order valence-corrected chi connectivity index (χ4v) is 1.62. The molecule has 0 aliphatic carbocycles. The van der Waals surface area contributed by atoms with Gasteiger partial charge in [-0.15, -0.1) is 0 Å². The van der Waals surface area contributed by atoms with Gasteiger partial charge in [-0.25, -0.2) is 9.86 Å². The van der Waals surface area contributed by atoms with E-state index in [1.807, 2.05) is 0 Å². The Kier molecular flexibility index (Phi) is 6.21. The summed E-state index contributed by atoms with van der Waals surface area (Å²) in [7, 11) is 1.24. The molecule has 22 heavy (non-hydrogen) atoms. The molecule has 2 N–H and O–H groups in total. The number of hydrogen-bond acceptors (Lipinski definition) is 5. The van der Waals surface area contributed by atoms with Crippen molar-refractivity contribution in [1.82, 2.24) is 5.06 Å². The first-order chi connectivity index (χ1) is 10.3. The van der Waals surface area contributed by atoms with Crippen LogP contribution in [-0.4, -0.2) is 40.8 Å². The highest BCUT2D eigenvalue weighted by Gasteiger charge is 2.21. The standard InChI is InChI=1S/C14H16N2O6/c1-9(17)15-11-5-3-10(4-6-11)8-16(22-2)13(19)7-12(18)14(20)21/h3-6H,7-8H2,1-2H3,(H,15,17)(H,20,21). The first-order valence-corrected chi connectivity index (χ1v) is 6.30. The van der Waals surface area contributed by atoms with Gasteiger partial charge in [0.2, 0.25) is 11.7 Å². The number of amides is 2. The molecular weight excluding hydrogens is 292 g/mol. The van der Waals surface area contributed by atoms with Gasteiger partial charge in [0.15, 0.2) is 0 Å². The van der Waals surface area contributed by atoms with Gasteiger partial charge in [0.05, 0.1) is 20.1 Å². The molecule has 8 nitrogen and oxygen atoms in total. The summed E-state index contributed by atoms with van der Waals surface area (Å²) >= 11 is 0. The maximum Gasteiger partial charge on any atom is 0.372 e. The number of carbonyl (C=O) groups excluding carboxylic acids is 3. The van der Waals surface area contributed by atoms with Gasteiger partial charge >= 0.3 is 5.97 Å². The second-order valence-electron chi connectivity index (χ2n) is 4.40. The number of hydroxylamine groups is 2. The molecule has 0 saturated carbocycles. The lowest BCUT2D eigenvalue weighted by atomic mass is 10.2. The zero-order chi connectivity index (χ0) is 16.7. The SMILES string of the molecule is CON(Cc1ccc(NC(C)=O)cc1)C(=O)CC(=O)C(=O)O. The van der Waals surface area contributed by atoms with Crippen molar-refractivity contribution in [3.05, 3.63) is 29.8 Å². The Labute approximate surface area is 126 Å². The molecule has 8 heteroatoms. The summed E-state index contributed by atoms with van der Waals surface area (Å²) in [5, 5.41) is 12.0. The van der Waals surface area contributed by atoms with E-state index in [1.165, 1.54) is 14.0 Å². The number of rotatable bonds is 7. The molecule has 1 rings (SSSR count). The maximum atomic E-state index is 11.8. The lowest BCUT2D eigenvalue weighted by molar-refractivity contribution is -0.180. The maximum absolute atomic E-state index is 11.8. The Morgan fingerprint density at radius 1 is 1.18 bits per heavy atom. The van der Waals surface area contributed by atoms with Crippen molar-refractivity contribution in [2.75, 3.05) is 12.4 Å². The summed E-state index contributed by atoms with van der Waals surface area (Å²) in [4.78, 5) is 49.0. The van der Waals surface area contributed by atoms with Crippen LogP contribution in [0.1, 0.15) is 18.9 Å². The van der Waals surface area contributed by atoms with Crippen LogP contribution in [0.25, 0.3) is 0 Å². The van der Waals surface area contributed by atoms with Gasteiger partial charge in [-0.1, -0.05) is 12.1 Å². The van der Waals surface area contributed by atoms with E-state index >= 15 is 0 Å². The molecule has 0 fully saturated rings. The quantitative estimate of drug-likeness (QED) is 0.433. The lowest BCUT2D eigenvalue weighted by Gasteiger charge is -2.19. The van der Waals surface area contributed by atoms with Gasteiger partial charge < -0.3 is 10.4 Å². The number of carboxylic acids is 1. The van der Waals surface area contributed by atoms with Crippen LogP contribution in [-0.2, 0) is 30.6 Å². The first kappa shape index (κ1) is 17.3. The third kappa shape index (κ3) is 5.33. The number of nitrogens with one attached hydrogen (secondary N) is 1. The van der Waals surface area contributed by atoms with Crippen LogP contribution in [0.4, 0.5) is 5.69 Å². The number of anilines is 1. The summed E-state index contributed by atoms with van der Waals surface area (Å²) < 4.78 is 0. The fraction of sp³-hybridized carbons (Fsp3) is 0.286. The number of carboxylic acid groups (broad SMARTS) is 1. The summed E-state index contributed by atoms with van der Waals surface area (Å²) in [6.45, 7) is 1.43. The average molecular weight is 308 g/mol. The topological polar surface area (TPSA) is 113 Å². The molecule has 0 aliphatic heterocycles. The zero-order valence-electron chi connectivity index (χ0n) is 12.2. The number of carbonyl (C=O) groups is 4. The molecule has 0 radical (unpaired) electrons. The Bertz CT molecular complexity index is 582. The Morgan fingerprint density at radius 2 is 1.77 bits per heavy atom. The molecule has 1 aromatic carbocycles. The summed E-state index contributed by atoms with van der Waals surface area (Å²) in [5.74, 6) is -3.81. The van der Waals surface area contributed by atoms with E-state index in [1.54, 1.807) is 24.3 Å². The number of Topliss-reactive ketones (excluding diaryl/α,β-unsaturated/α-hetero) is 1. The van der Waals surface area contributed by atoms with Crippen LogP contribution in [0.15, 0.2) is 24.3 Å². The summed E-state index contributed by atoms with van der Waals surface area (Å²) in [6, 6.07) is 6.64. The Morgan fingerprint density at radius 3 is 2.23 bits per heavy atom. The van der Waals surface area contributed by atoms with E-state index in [2.05, 4.69) is 5.32 Å². The predicted molar refractivity (Wildman–Crippen MR) is 75.6 cm³/mol. The minimum atomic E-state index is -1.66. The minimum Gasteiger partial charge on any atom is -0.475 e. The highest BCUT2D eigenvalue weighted by molar-refractivity contribution is 6.36. The average Bonchev–Trinajstić information content (AvgIpc) is 2.45. The molecule has 0 bridgehead atoms. The van der Waals surface area contributed by atoms with E-state index in [-0.39, 0.29) is 12.5 Å². The molecule has 0 unspecified atom stereocenters. The van der Waals surface area contributed by atoms with Gasteiger partial charge in [-0.05, 0) is 17.7 Å². The van der Waals surface area contributed by atoms with Gasteiger partial charge in [0.25, 0.3) is 5.91 Å². The second kappa shape index (κ2) is 7.89. The van der Waals surface area contributed by atoms with Gasteiger partial charge in [0, 0.05) is 12.6 Å². The first-order valence-electron chi connectivity index (χ1n) is 6.30. The summed E-state index contributed by atoms with van der Waals surface area (Å²) in [6.07, 6.45) is -0.771. The highest BCUT2D eigenvalue weighted by Crippen LogP contribution is 2.12. The summed E-state index contributed by atoms with van der Waals surface area (Å²) in [5.41, 5.74) is 1.29. The molecule has 1 aromatic rings. The Balaban J connectivity index is 2.69. The van der Waals surface area contributed by atoms with Crippen molar-refractivity contribution in [3.8, 4) is 0 Å². The van der Waals surface area contributed by atoms with E-state index in [0.29, 0.717) is 11.3 Å². The van der Waals surface area contributed by atoms with Crippen molar-refractivity contribution in [2.24, 2.45) is 0 Å². The highest BCUT2D eigenvalue weighted by atomic mass is 16.7. The molecule has 118 valence electrons. The fourth-order valence-electron chi connectivity index (χ4n) is 1.62. The monoisotopic (exact) mass is 308 g/mol. The zero-order valence-corrected chi connectivity index (χ0v) is 12.2. The molecule has 2 amide bonds. The molecule has 0 spiro atoms. The van der Waals surface area contributed by atoms with Crippen LogP contribution < -0.4 is 5.32 Å². The van der Waals surface area contributed by atoms with E-state index in [0.717, 1.165) is 5.06 Å². The normalized spacial score (nSPS) is 9.91. The van der Waals surface area contributed by atoms with Crippen LogP contribution >= 0.6 is 0 Å². The molecule has 0 heterocycles. The van der Waals surface area contributed by atoms with Gasteiger partial charge in [-0.2, -0.15) is 0 Å². The second-order valence-corrected chi connectivity index (χ2v) is 4.40. The number of nitrogens with zero attached hydrogens (tertiary/aromatic N) is 1. The van der Waals surface area contributed by atoms with E-state index < -0.39 is 24.1 Å². The van der Waals surface area contributed by atoms with Gasteiger partial charge in [0.1, 0.15) is 0 Å². The molecule has 0 saturated heterocycles. The van der Waals surface area contributed by atoms with Crippen molar-refractivity contribution in [3.63, 3.8) is 0 Å². The van der Waals surface area contributed by atoms with Crippen molar-refractivity contribution in [2.45, 2.75) is 19.9 Å². The van der Waals surface area contributed by atoms with Crippen molar-refractivity contribution >= 4 is 29.3 Å². The minimum absolute atomic E-state index is 0.0442. The number of aliphatic carboxylic acids is 1. The number of ketones is 1. The third-order valence-corrected chi connectivity index (χ3v) is 2.65. The number of benzene rings is 1. The van der Waals surface area contributed by atoms with Crippen molar-refractivity contribution in [1.29, 1.82) is 0 Å². The van der Waals surface area contributed by atoms with Crippen LogP contribution in [0.2, 0.25) is 0 Å². The largest absolute Gasteiger partial charge is 0.475 e. The molecule has 0 aliphatic rings.